The summed E-state index contributed by atoms with van der Waals surface area (Å²) in [5.74, 6) is -0.0916. The van der Waals surface area contributed by atoms with Crippen LogP contribution >= 0.6 is 15.9 Å². The summed E-state index contributed by atoms with van der Waals surface area (Å²) in [6, 6.07) is 17.2. The molecule has 110 valence electrons. The smallest absolute Gasteiger partial charge is 0.252 e. The molecule has 0 unspecified atom stereocenters. The van der Waals surface area contributed by atoms with E-state index in [0.29, 0.717) is 5.56 Å². The topological polar surface area (TPSA) is 42.0 Å². The quantitative estimate of drug-likeness (QED) is 0.752. The van der Waals surface area contributed by atoms with Crippen LogP contribution in [-0.4, -0.2) is 10.9 Å². The van der Waals surface area contributed by atoms with Crippen LogP contribution in [0.15, 0.2) is 65.3 Å². The number of amides is 1. The van der Waals surface area contributed by atoms with Gasteiger partial charge >= 0.3 is 0 Å². The molecule has 0 aliphatic carbocycles. The Labute approximate surface area is 137 Å². The number of benzene rings is 2. The Balaban J connectivity index is 1.87. The van der Waals surface area contributed by atoms with E-state index in [1.807, 2.05) is 61.5 Å². The summed E-state index contributed by atoms with van der Waals surface area (Å²) in [4.78, 5) is 16.9. The Kier molecular flexibility index (Phi) is 4.20. The predicted octanol–water partition coefficient (Wildman–Crippen LogP) is 4.49. The number of nitrogens with zero attached hydrogens (tertiary/aromatic N) is 1. The van der Waals surface area contributed by atoms with Crippen molar-refractivity contribution in [1.29, 1.82) is 0 Å². The van der Waals surface area contributed by atoms with E-state index in [-0.39, 0.29) is 11.9 Å². The van der Waals surface area contributed by atoms with Gasteiger partial charge in [-0.3, -0.25) is 9.78 Å². The predicted molar refractivity (Wildman–Crippen MR) is 91.8 cm³/mol. The van der Waals surface area contributed by atoms with Gasteiger partial charge in [0, 0.05) is 21.6 Å². The second-order valence-electron chi connectivity index (χ2n) is 5.13. The third kappa shape index (κ3) is 3.02. The molecule has 0 radical (unpaired) electrons. The van der Waals surface area contributed by atoms with Gasteiger partial charge in [0.2, 0.25) is 0 Å². The minimum atomic E-state index is -0.0916. The number of carbonyl (C=O) groups excluding carboxylic acids is 1. The summed E-state index contributed by atoms with van der Waals surface area (Å²) < 4.78 is 1.00. The molecule has 0 aliphatic rings. The van der Waals surface area contributed by atoms with E-state index < -0.39 is 0 Å². The van der Waals surface area contributed by atoms with E-state index in [1.54, 1.807) is 6.20 Å². The first-order valence-electron chi connectivity index (χ1n) is 7.05. The van der Waals surface area contributed by atoms with Crippen molar-refractivity contribution in [3.8, 4) is 0 Å². The van der Waals surface area contributed by atoms with Crippen LogP contribution in [0.3, 0.4) is 0 Å². The summed E-state index contributed by atoms with van der Waals surface area (Å²) in [6.07, 6.45) is 1.73. The second-order valence-corrected chi connectivity index (χ2v) is 6.04. The van der Waals surface area contributed by atoms with Crippen LogP contribution in [0.2, 0.25) is 0 Å². The molecule has 0 fully saturated rings. The first kappa shape index (κ1) is 14.7. The summed E-state index contributed by atoms with van der Waals surface area (Å²) in [6.45, 7) is 1.98. The van der Waals surface area contributed by atoms with E-state index in [1.165, 1.54) is 0 Å². The molecule has 0 saturated carbocycles. The Morgan fingerprint density at radius 3 is 2.77 bits per heavy atom. The van der Waals surface area contributed by atoms with E-state index in [2.05, 4.69) is 26.2 Å². The van der Waals surface area contributed by atoms with Crippen LogP contribution in [-0.2, 0) is 0 Å². The number of hydrogen-bond acceptors (Lipinski definition) is 2. The molecule has 0 bridgehead atoms. The van der Waals surface area contributed by atoms with Crippen molar-refractivity contribution >= 4 is 32.7 Å². The monoisotopic (exact) mass is 354 g/mol. The lowest BCUT2D eigenvalue weighted by atomic mass is 10.1. The zero-order chi connectivity index (χ0) is 15.5. The summed E-state index contributed by atoms with van der Waals surface area (Å²) >= 11 is 3.45. The van der Waals surface area contributed by atoms with E-state index >= 15 is 0 Å². The number of aromatic nitrogens is 1. The number of rotatable bonds is 3. The second kappa shape index (κ2) is 6.28. The molecular weight excluding hydrogens is 340 g/mol. The van der Waals surface area contributed by atoms with Gasteiger partial charge in [0.1, 0.15) is 0 Å². The van der Waals surface area contributed by atoms with Crippen LogP contribution in [0.25, 0.3) is 10.9 Å². The van der Waals surface area contributed by atoms with Crippen molar-refractivity contribution in [2.45, 2.75) is 13.0 Å². The molecule has 3 nitrogen and oxygen atoms in total. The highest BCUT2D eigenvalue weighted by Gasteiger charge is 2.14. The Bertz CT molecular complexity index is 827. The van der Waals surface area contributed by atoms with Crippen molar-refractivity contribution < 1.29 is 4.79 Å². The minimum Gasteiger partial charge on any atom is -0.345 e. The fourth-order valence-electron chi connectivity index (χ4n) is 2.44. The van der Waals surface area contributed by atoms with Crippen LogP contribution < -0.4 is 5.32 Å². The Morgan fingerprint density at radius 1 is 1.14 bits per heavy atom. The molecule has 1 heterocycles. The first-order valence-corrected chi connectivity index (χ1v) is 7.84. The summed E-state index contributed by atoms with van der Waals surface area (Å²) in [5.41, 5.74) is 2.53. The Morgan fingerprint density at radius 2 is 1.95 bits per heavy atom. The number of fused-ring (bicyclic) bond motifs is 1. The SMILES string of the molecule is C[C@@H](NC(=O)c1cccc2ncccc12)c1cccc(Br)c1. The van der Waals surface area contributed by atoms with Gasteiger partial charge in [-0.2, -0.15) is 0 Å². The highest BCUT2D eigenvalue weighted by Crippen LogP contribution is 2.20. The van der Waals surface area contributed by atoms with Crippen LogP contribution in [0.1, 0.15) is 28.9 Å². The number of pyridine rings is 1. The summed E-state index contributed by atoms with van der Waals surface area (Å²) in [7, 11) is 0. The molecule has 1 N–H and O–H groups in total. The highest BCUT2D eigenvalue weighted by molar-refractivity contribution is 9.10. The molecule has 1 atom stereocenters. The van der Waals surface area contributed by atoms with E-state index in [4.69, 9.17) is 0 Å². The van der Waals surface area contributed by atoms with Gasteiger partial charge in [-0.1, -0.05) is 40.2 Å². The maximum atomic E-state index is 12.6. The van der Waals surface area contributed by atoms with Gasteiger partial charge in [-0.15, -0.1) is 0 Å². The molecule has 0 saturated heterocycles. The molecule has 4 heteroatoms. The molecule has 2 aromatic carbocycles. The number of carbonyl (C=O) groups is 1. The summed E-state index contributed by atoms with van der Waals surface area (Å²) in [5, 5.41) is 3.91. The van der Waals surface area contributed by atoms with Crippen molar-refractivity contribution in [2.75, 3.05) is 0 Å². The van der Waals surface area contributed by atoms with E-state index in [0.717, 1.165) is 20.9 Å². The number of nitrogens with one attached hydrogen (secondary N) is 1. The number of hydrogen-bond donors (Lipinski definition) is 1. The average Bonchev–Trinajstić information content (AvgIpc) is 2.54. The van der Waals surface area contributed by atoms with Crippen LogP contribution in [0, 0.1) is 0 Å². The first-order chi connectivity index (χ1) is 10.6. The molecule has 3 rings (SSSR count). The van der Waals surface area contributed by atoms with Crippen molar-refractivity contribution in [3.63, 3.8) is 0 Å². The molecule has 0 aliphatic heterocycles. The van der Waals surface area contributed by atoms with Crippen LogP contribution in [0.5, 0.6) is 0 Å². The fourth-order valence-corrected chi connectivity index (χ4v) is 2.85. The lowest BCUT2D eigenvalue weighted by molar-refractivity contribution is 0.0941. The highest BCUT2D eigenvalue weighted by atomic mass is 79.9. The van der Waals surface area contributed by atoms with Gasteiger partial charge in [0.25, 0.3) is 5.91 Å². The van der Waals surface area contributed by atoms with Crippen molar-refractivity contribution in [2.24, 2.45) is 0 Å². The van der Waals surface area contributed by atoms with Gasteiger partial charge in [-0.25, -0.2) is 0 Å². The molecule has 3 aromatic rings. The standard InChI is InChI=1S/C18H15BrN2O/c1-12(13-5-2-6-14(19)11-13)21-18(22)16-7-3-9-17-15(16)8-4-10-20-17/h2-12H,1H3,(H,21,22)/t12-/m1/s1. The van der Waals surface area contributed by atoms with Crippen molar-refractivity contribution in [3.05, 3.63) is 76.4 Å². The lowest BCUT2D eigenvalue weighted by Gasteiger charge is -2.15. The van der Waals surface area contributed by atoms with Crippen molar-refractivity contribution in [1.82, 2.24) is 10.3 Å². The molecule has 1 amide bonds. The molecule has 22 heavy (non-hydrogen) atoms. The maximum Gasteiger partial charge on any atom is 0.252 e. The number of halogens is 1. The van der Waals surface area contributed by atoms with Gasteiger partial charge < -0.3 is 5.32 Å². The fraction of sp³-hybridized carbons (Fsp3) is 0.111. The third-order valence-corrected chi connectivity index (χ3v) is 4.08. The largest absolute Gasteiger partial charge is 0.345 e. The van der Waals surface area contributed by atoms with Gasteiger partial charge in [-0.05, 0) is 42.8 Å². The lowest BCUT2D eigenvalue weighted by Crippen LogP contribution is -2.26. The van der Waals surface area contributed by atoms with Gasteiger partial charge in [0.05, 0.1) is 11.6 Å². The Hall–Kier alpha value is -2.20. The minimum absolute atomic E-state index is 0.0723. The van der Waals surface area contributed by atoms with Crippen LogP contribution in [0.4, 0.5) is 0 Å². The zero-order valence-corrected chi connectivity index (χ0v) is 13.7. The molecular formula is C18H15BrN2O. The van der Waals surface area contributed by atoms with E-state index in [9.17, 15) is 4.79 Å². The molecule has 0 spiro atoms. The third-order valence-electron chi connectivity index (χ3n) is 3.59. The normalized spacial score (nSPS) is 12.1. The average molecular weight is 355 g/mol. The zero-order valence-electron chi connectivity index (χ0n) is 12.1. The molecule has 1 aromatic heterocycles. The maximum absolute atomic E-state index is 12.6. The van der Waals surface area contributed by atoms with Gasteiger partial charge in [0.15, 0.2) is 0 Å².